The normalized spacial score (nSPS) is 29.1. The highest BCUT2D eigenvalue weighted by molar-refractivity contribution is 6.20. The van der Waals surface area contributed by atoms with Crippen molar-refractivity contribution in [1.29, 1.82) is 0 Å². The average Bonchev–Trinajstić information content (AvgIpc) is 2.59. The first kappa shape index (κ1) is 17.0. The summed E-state index contributed by atoms with van der Waals surface area (Å²) >= 11 is 0. The smallest absolute Gasteiger partial charge is 0.331 e. The Morgan fingerprint density at radius 3 is 2.62 bits per heavy atom. The number of piperazine rings is 1. The molecule has 3 heterocycles. The summed E-state index contributed by atoms with van der Waals surface area (Å²) in [5.74, 6) is -0.842. The van der Waals surface area contributed by atoms with Crippen LogP contribution in [-0.2, 0) is 16.0 Å². The number of carbonyl (C=O) groups is 3. The van der Waals surface area contributed by atoms with Crippen molar-refractivity contribution in [2.45, 2.75) is 32.4 Å². The van der Waals surface area contributed by atoms with E-state index in [1.54, 1.807) is 13.8 Å². The third-order valence-electron chi connectivity index (χ3n) is 5.88. The van der Waals surface area contributed by atoms with Crippen LogP contribution in [0, 0.1) is 5.41 Å². The summed E-state index contributed by atoms with van der Waals surface area (Å²) in [4.78, 5) is 44.5. The van der Waals surface area contributed by atoms with Gasteiger partial charge < -0.3 is 9.80 Å². The fraction of sp³-hybridized carbons (Fsp3) is 0.526. The molecule has 2 atom stereocenters. The first-order chi connectivity index (χ1) is 12.4. The Bertz CT molecular complexity index is 793. The third kappa shape index (κ3) is 2.19. The second-order valence-corrected chi connectivity index (χ2v) is 7.78. The summed E-state index contributed by atoms with van der Waals surface area (Å²) in [5, 5.41) is 2.46. The molecular weight excluding hydrogens is 332 g/mol. The molecule has 0 aromatic heterocycles. The van der Waals surface area contributed by atoms with Crippen molar-refractivity contribution >= 4 is 23.5 Å². The average molecular weight is 356 g/mol. The number of anilines is 1. The Morgan fingerprint density at radius 2 is 1.88 bits per heavy atom. The minimum Gasteiger partial charge on any atom is -0.364 e. The molecule has 138 valence electrons. The van der Waals surface area contributed by atoms with Gasteiger partial charge in [0, 0.05) is 31.4 Å². The van der Waals surface area contributed by atoms with Gasteiger partial charge in [-0.3, -0.25) is 19.8 Å². The summed E-state index contributed by atoms with van der Waals surface area (Å²) in [5.41, 5.74) is 0.793. The van der Waals surface area contributed by atoms with Crippen LogP contribution in [0.1, 0.15) is 19.4 Å². The second kappa shape index (κ2) is 5.81. The summed E-state index contributed by atoms with van der Waals surface area (Å²) in [7, 11) is 2.00. The number of likely N-dealkylation sites (N-methyl/N-ethyl adjacent to an activating group) is 1. The van der Waals surface area contributed by atoms with E-state index in [0.717, 1.165) is 24.3 Å². The highest BCUT2D eigenvalue weighted by Crippen LogP contribution is 2.45. The molecule has 7 nitrogen and oxygen atoms in total. The summed E-state index contributed by atoms with van der Waals surface area (Å²) in [6.07, 6.45) is 0.319. The quantitative estimate of drug-likeness (QED) is 0.755. The van der Waals surface area contributed by atoms with Gasteiger partial charge in [0.15, 0.2) is 5.41 Å². The lowest BCUT2D eigenvalue weighted by Gasteiger charge is -2.55. The summed E-state index contributed by atoms with van der Waals surface area (Å²) in [6, 6.07) is 6.73. The number of nitrogens with one attached hydrogen (secondary N) is 1. The second-order valence-electron chi connectivity index (χ2n) is 7.78. The van der Waals surface area contributed by atoms with Crippen LogP contribution in [0.25, 0.3) is 0 Å². The van der Waals surface area contributed by atoms with Crippen LogP contribution in [0.5, 0.6) is 0 Å². The van der Waals surface area contributed by atoms with Crippen molar-refractivity contribution in [1.82, 2.24) is 15.1 Å². The predicted octanol–water partition coefficient (Wildman–Crippen LogP) is 0.836. The van der Waals surface area contributed by atoms with Crippen molar-refractivity contribution in [3.8, 4) is 0 Å². The summed E-state index contributed by atoms with van der Waals surface area (Å²) < 4.78 is 0. The molecule has 26 heavy (non-hydrogen) atoms. The van der Waals surface area contributed by atoms with Crippen LogP contribution in [0.3, 0.4) is 0 Å². The van der Waals surface area contributed by atoms with Crippen LogP contribution in [0.4, 0.5) is 10.5 Å². The molecule has 0 bridgehead atoms. The minimum absolute atomic E-state index is 0.294. The Morgan fingerprint density at radius 1 is 1.15 bits per heavy atom. The summed E-state index contributed by atoms with van der Waals surface area (Å²) in [6.45, 7) is 5.80. The zero-order chi connectivity index (χ0) is 18.6. The molecule has 0 unspecified atom stereocenters. The molecule has 2 saturated heterocycles. The molecule has 1 aromatic rings. The number of amides is 4. The number of carbonyl (C=O) groups excluding carboxylic acids is 3. The van der Waals surface area contributed by atoms with E-state index in [9.17, 15) is 14.4 Å². The number of benzene rings is 1. The van der Waals surface area contributed by atoms with Crippen molar-refractivity contribution in [2.24, 2.45) is 5.41 Å². The van der Waals surface area contributed by atoms with Gasteiger partial charge in [-0.15, -0.1) is 0 Å². The Kier molecular flexibility index (Phi) is 3.80. The van der Waals surface area contributed by atoms with Gasteiger partial charge in [0.25, 0.3) is 0 Å². The fourth-order valence-electron chi connectivity index (χ4n) is 4.58. The first-order valence-electron chi connectivity index (χ1n) is 9.08. The van der Waals surface area contributed by atoms with Gasteiger partial charge in [-0.1, -0.05) is 18.2 Å². The van der Waals surface area contributed by atoms with Crippen LogP contribution in [0.15, 0.2) is 24.3 Å². The maximum absolute atomic E-state index is 13.5. The number of barbiturate groups is 1. The van der Waals surface area contributed by atoms with Crippen LogP contribution in [-0.4, -0.2) is 66.4 Å². The molecule has 2 fully saturated rings. The zero-order valence-corrected chi connectivity index (χ0v) is 15.4. The number of rotatable bonds is 1. The Labute approximate surface area is 152 Å². The van der Waals surface area contributed by atoms with Gasteiger partial charge in [-0.25, -0.2) is 4.79 Å². The number of imide groups is 2. The number of fused-ring (bicyclic) bond motifs is 4. The molecule has 0 aliphatic carbocycles. The van der Waals surface area contributed by atoms with Gasteiger partial charge in [0.2, 0.25) is 11.8 Å². The molecule has 0 radical (unpaired) electrons. The van der Waals surface area contributed by atoms with E-state index in [1.165, 1.54) is 4.90 Å². The lowest BCUT2D eigenvalue weighted by atomic mass is 9.67. The van der Waals surface area contributed by atoms with E-state index >= 15 is 0 Å². The molecule has 4 rings (SSSR count). The van der Waals surface area contributed by atoms with Crippen LogP contribution < -0.4 is 10.2 Å². The van der Waals surface area contributed by atoms with Gasteiger partial charge >= 0.3 is 6.03 Å². The minimum atomic E-state index is -1.28. The van der Waals surface area contributed by atoms with E-state index < -0.39 is 17.4 Å². The number of nitrogens with zero attached hydrogens (tertiary/aromatic N) is 3. The predicted molar refractivity (Wildman–Crippen MR) is 96.7 cm³/mol. The number of urea groups is 1. The lowest BCUT2D eigenvalue weighted by molar-refractivity contribution is -0.155. The molecule has 7 heteroatoms. The fourth-order valence-corrected chi connectivity index (χ4v) is 4.58. The number of hydrogen-bond acceptors (Lipinski definition) is 5. The standard InChI is InChI=1S/C19H24N4O3/c1-12(2)23-17(25)19(16(24)20-18(23)26)10-13-6-4-5-7-14(13)22-9-8-21(3)11-15(19)22/h4-7,12,15H,8-11H2,1-3H3,(H,20,24,26)/t15-,19+/m0/s1. The highest BCUT2D eigenvalue weighted by Gasteiger charge is 2.62. The van der Waals surface area contributed by atoms with E-state index in [-0.39, 0.29) is 18.0 Å². The molecule has 1 spiro atoms. The largest absolute Gasteiger partial charge is 0.364 e. The zero-order valence-electron chi connectivity index (χ0n) is 15.4. The molecule has 1 N–H and O–H groups in total. The maximum atomic E-state index is 13.5. The molecule has 3 aliphatic heterocycles. The molecular formula is C19H24N4O3. The van der Waals surface area contributed by atoms with E-state index in [2.05, 4.69) is 21.2 Å². The van der Waals surface area contributed by atoms with Crippen LogP contribution >= 0.6 is 0 Å². The van der Waals surface area contributed by atoms with E-state index in [1.807, 2.05) is 25.2 Å². The van der Waals surface area contributed by atoms with Crippen molar-refractivity contribution in [3.05, 3.63) is 29.8 Å². The van der Waals surface area contributed by atoms with Gasteiger partial charge in [0.05, 0.1) is 6.04 Å². The Hall–Kier alpha value is -2.41. The van der Waals surface area contributed by atoms with E-state index in [0.29, 0.717) is 13.0 Å². The number of hydrogen-bond donors (Lipinski definition) is 1. The van der Waals surface area contributed by atoms with E-state index in [4.69, 9.17) is 0 Å². The SMILES string of the molecule is CC(C)N1C(=O)NC(=O)[C@]2(Cc3ccccc3N3CCN(C)C[C@H]32)C1=O. The first-order valence-corrected chi connectivity index (χ1v) is 9.08. The molecule has 3 aliphatic rings. The topological polar surface area (TPSA) is 73.0 Å². The molecule has 4 amide bonds. The van der Waals surface area contributed by atoms with Crippen LogP contribution in [0.2, 0.25) is 0 Å². The van der Waals surface area contributed by atoms with Gasteiger partial charge in [-0.05, 0) is 38.9 Å². The maximum Gasteiger partial charge on any atom is 0.331 e. The lowest BCUT2D eigenvalue weighted by Crippen LogP contribution is -2.75. The molecule has 0 saturated carbocycles. The van der Waals surface area contributed by atoms with Crippen molar-refractivity contribution < 1.29 is 14.4 Å². The number of para-hydroxylation sites is 1. The Balaban J connectivity index is 1.89. The van der Waals surface area contributed by atoms with Crippen molar-refractivity contribution in [3.63, 3.8) is 0 Å². The van der Waals surface area contributed by atoms with Gasteiger partial charge in [-0.2, -0.15) is 0 Å². The molecule has 1 aromatic carbocycles. The third-order valence-corrected chi connectivity index (χ3v) is 5.88. The van der Waals surface area contributed by atoms with Gasteiger partial charge in [0.1, 0.15) is 0 Å². The van der Waals surface area contributed by atoms with Crippen molar-refractivity contribution in [2.75, 3.05) is 31.6 Å². The monoisotopic (exact) mass is 356 g/mol. The highest BCUT2D eigenvalue weighted by atomic mass is 16.2.